The van der Waals surface area contributed by atoms with Crippen molar-refractivity contribution in [1.82, 2.24) is 9.78 Å². The normalized spacial score (nSPS) is 14.1. The van der Waals surface area contributed by atoms with Gasteiger partial charge in [-0.25, -0.2) is 9.48 Å². The molecule has 1 aromatic carbocycles. The van der Waals surface area contributed by atoms with Gasteiger partial charge in [-0.2, -0.15) is 5.10 Å². The summed E-state index contributed by atoms with van der Waals surface area (Å²) in [5.41, 5.74) is 2.82. The number of carboxylic acid groups (broad SMARTS) is 1. The summed E-state index contributed by atoms with van der Waals surface area (Å²) in [6.45, 7) is 0. The molecule has 0 radical (unpaired) electrons. The Morgan fingerprint density at radius 1 is 1.35 bits per heavy atom. The third kappa shape index (κ3) is 2.25. The largest absolute Gasteiger partial charge is 0.476 e. The van der Waals surface area contributed by atoms with E-state index in [1.807, 2.05) is 12.1 Å². The molecule has 0 aliphatic heterocycles. The van der Waals surface area contributed by atoms with Crippen molar-refractivity contribution in [3.05, 3.63) is 44.6 Å². The number of nitrogens with zero attached hydrogens (tertiary/aromatic N) is 2. The minimum absolute atomic E-state index is 0.166. The van der Waals surface area contributed by atoms with Crippen molar-refractivity contribution < 1.29 is 9.90 Å². The zero-order chi connectivity index (χ0) is 14.3. The van der Waals surface area contributed by atoms with E-state index in [2.05, 4.69) is 21.0 Å². The van der Waals surface area contributed by atoms with Gasteiger partial charge in [0.05, 0.1) is 10.7 Å². The fourth-order valence-corrected chi connectivity index (χ4v) is 3.02. The summed E-state index contributed by atoms with van der Waals surface area (Å²) in [6, 6.07) is 5.51. The van der Waals surface area contributed by atoms with Gasteiger partial charge < -0.3 is 5.11 Å². The average molecular weight is 356 g/mol. The van der Waals surface area contributed by atoms with Crippen molar-refractivity contribution in [3.63, 3.8) is 0 Å². The average Bonchev–Trinajstić information content (AvgIpc) is 2.82. The van der Waals surface area contributed by atoms with Crippen molar-refractivity contribution in [2.24, 2.45) is 0 Å². The van der Waals surface area contributed by atoms with E-state index >= 15 is 0 Å². The lowest BCUT2D eigenvalue weighted by atomic mass is 9.95. The van der Waals surface area contributed by atoms with E-state index in [9.17, 15) is 9.90 Å². The first-order valence-corrected chi connectivity index (χ1v) is 7.54. The van der Waals surface area contributed by atoms with Gasteiger partial charge in [0.15, 0.2) is 5.69 Å². The lowest BCUT2D eigenvalue weighted by molar-refractivity contribution is 0.0688. The molecule has 0 saturated heterocycles. The second-order valence-corrected chi connectivity index (χ2v) is 6.06. The molecular weight excluding hydrogens is 344 g/mol. The summed E-state index contributed by atoms with van der Waals surface area (Å²) in [6.07, 6.45) is 3.70. The van der Waals surface area contributed by atoms with E-state index in [1.54, 1.807) is 10.7 Å². The molecular formula is C14H12BrClN2O2. The van der Waals surface area contributed by atoms with Crippen LogP contribution in [0.2, 0.25) is 5.02 Å². The number of benzene rings is 1. The summed E-state index contributed by atoms with van der Waals surface area (Å²) in [5.74, 6) is -0.967. The van der Waals surface area contributed by atoms with Gasteiger partial charge in [0.1, 0.15) is 0 Å². The summed E-state index contributed by atoms with van der Waals surface area (Å²) in [5, 5.41) is 14.1. The Morgan fingerprint density at radius 2 is 2.10 bits per heavy atom. The molecule has 0 saturated carbocycles. The minimum atomic E-state index is -0.967. The Kier molecular flexibility index (Phi) is 3.56. The van der Waals surface area contributed by atoms with Crippen LogP contribution >= 0.6 is 27.5 Å². The quantitative estimate of drug-likeness (QED) is 0.890. The Bertz CT molecular complexity index is 697. The second-order valence-electron chi connectivity index (χ2n) is 4.80. The number of aromatic nitrogens is 2. The van der Waals surface area contributed by atoms with Crippen molar-refractivity contribution in [2.45, 2.75) is 25.7 Å². The molecule has 6 heteroatoms. The van der Waals surface area contributed by atoms with E-state index in [0.717, 1.165) is 47.1 Å². The lowest BCUT2D eigenvalue weighted by Crippen LogP contribution is -2.08. The van der Waals surface area contributed by atoms with E-state index in [0.29, 0.717) is 5.02 Å². The molecule has 0 unspecified atom stereocenters. The molecule has 0 spiro atoms. The fraction of sp³-hybridized carbons (Fsp3) is 0.286. The smallest absolute Gasteiger partial charge is 0.356 e. The molecule has 0 amide bonds. The van der Waals surface area contributed by atoms with Gasteiger partial charge in [0, 0.05) is 15.7 Å². The predicted molar refractivity (Wildman–Crippen MR) is 79.9 cm³/mol. The van der Waals surface area contributed by atoms with Crippen LogP contribution < -0.4 is 0 Å². The maximum absolute atomic E-state index is 11.3. The Morgan fingerprint density at radius 3 is 2.80 bits per heavy atom. The second kappa shape index (κ2) is 5.22. The lowest BCUT2D eigenvalue weighted by Gasteiger charge is -2.14. The molecule has 2 aromatic rings. The van der Waals surface area contributed by atoms with Crippen molar-refractivity contribution in [3.8, 4) is 5.69 Å². The number of aromatic carboxylic acids is 1. The highest BCUT2D eigenvalue weighted by Crippen LogP contribution is 2.30. The molecule has 1 N–H and O–H groups in total. The first-order valence-electron chi connectivity index (χ1n) is 6.37. The number of halogens is 2. The van der Waals surface area contributed by atoms with Crippen LogP contribution in [0.1, 0.15) is 34.6 Å². The predicted octanol–water partition coefficient (Wildman–Crippen LogP) is 3.87. The molecule has 1 heterocycles. The number of hydrogen-bond acceptors (Lipinski definition) is 2. The van der Waals surface area contributed by atoms with Crippen molar-refractivity contribution >= 4 is 33.5 Å². The molecule has 0 bridgehead atoms. The number of fused-ring (bicyclic) bond motifs is 1. The maximum Gasteiger partial charge on any atom is 0.356 e. The highest BCUT2D eigenvalue weighted by atomic mass is 79.9. The van der Waals surface area contributed by atoms with Gasteiger partial charge in [-0.15, -0.1) is 0 Å². The highest BCUT2D eigenvalue weighted by Gasteiger charge is 2.25. The van der Waals surface area contributed by atoms with Crippen LogP contribution in [0.15, 0.2) is 22.7 Å². The van der Waals surface area contributed by atoms with Gasteiger partial charge in [-0.1, -0.05) is 11.6 Å². The van der Waals surface area contributed by atoms with Gasteiger partial charge >= 0.3 is 5.97 Å². The summed E-state index contributed by atoms with van der Waals surface area (Å²) >= 11 is 9.46. The summed E-state index contributed by atoms with van der Waals surface area (Å²) < 4.78 is 2.53. The molecule has 0 atom stereocenters. The molecule has 3 rings (SSSR count). The topological polar surface area (TPSA) is 55.1 Å². The number of carboxylic acids is 1. The number of hydrogen-bond donors (Lipinski definition) is 1. The van der Waals surface area contributed by atoms with Gasteiger partial charge in [0.25, 0.3) is 0 Å². The van der Waals surface area contributed by atoms with Gasteiger partial charge in [-0.05, 0) is 59.8 Å². The first-order chi connectivity index (χ1) is 9.58. The minimum Gasteiger partial charge on any atom is -0.476 e. The summed E-state index contributed by atoms with van der Waals surface area (Å²) in [4.78, 5) is 11.3. The zero-order valence-corrected chi connectivity index (χ0v) is 12.9. The van der Waals surface area contributed by atoms with E-state index in [-0.39, 0.29) is 5.69 Å². The SMILES string of the molecule is O=C(O)c1nn(-c2ccc(Br)c(Cl)c2)c2c1CCCC2. The van der Waals surface area contributed by atoms with Crippen LogP contribution in [0.3, 0.4) is 0 Å². The molecule has 20 heavy (non-hydrogen) atoms. The van der Waals surface area contributed by atoms with Gasteiger partial charge in [-0.3, -0.25) is 0 Å². The third-order valence-electron chi connectivity index (χ3n) is 3.53. The number of carbonyl (C=O) groups is 1. The molecule has 1 aromatic heterocycles. The fourth-order valence-electron chi connectivity index (χ4n) is 2.60. The number of rotatable bonds is 2. The highest BCUT2D eigenvalue weighted by molar-refractivity contribution is 9.10. The molecule has 1 aliphatic carbocycles. The first kappa shape index (κ1) is 13.6. The molecule has 0 fully saturated rings. The Hall–Kier alpha value is -1.33. The molecule has 104 valence electrons. The van der Waals surface area contributed by atoms with Crippen LogP contribution in [0, 0.1) is 0 Å². The van der Waals surface area contributed by atoms with E-state index in [4.69, 9.17) is 11.6 Å². The van der Waals surface area contributed by atoms with E-state index in [1.165, 1.54) is 0 Å². The zero-order valence-electron chi connectivity index (χ0n) is 10.6. The molecule has 1 aliphatic rings. The Balaban J connectivity index is 2.18. The van der Waals surface area contributed by atoms with Crippen LogP contribution in [0.5, 0.6) is 0 Å². The summed E-state index contributed by atoms with van der Waals surface area (Å²) in [7, 11) is 0. The van der Waals surface area contributed by atoms with Crippen molar-refractivity contribution in [1.29, 1.82) is 0 Å². The van der Waals surface area contributed by atoms with E-state index < -0.39 is 5.97 Å². The monoisotopic (exact) mass is 354 g/mol. The maximum atomic E-state index is 11.3. The van der Waals surface area contributed by atoms with Crippen molar-refractivity contribution in [2.75, 3.05) is 0 Å². The van der Waals surface area contributed by atoms with Crippen LogP contribution in [-0.4, -0.2) is 20.9 Å². The third-order valence-corrected chi connectivity index (χ3v) is 4.76. The standard InChI is InChI=1S/C14H12BrClN2O2/c15-10-6-5-8(7-11(10)16)18-12-4-2-1-3-9(12)13(17-18)14(19)20/h5-7H,1-4H2,(H,19,20). The Labute approximate surface area is 129 Å². The van der Waals surface area contributed by atoms with Gasteiger partial charge in [0.2, 0.25) is 0 Å². The van der Waals surface area contributed by atoms with Crippen LogP contribution in [0.25, 0.3) is 5.69 Å². The van der Waals surface area contributed by atoms with Crippen LogP contribution in [0.4, 0.5) is 0 Å². The van der Waals surface area contributed by atoms with Crippen LogP contribution in [-0.2, 0) is 12.8 Å². The molecule has 4 nitrogen and oxygen atoms in total.